The SMILES string of the molecule is Cc1cnccc1-n1nc(N)cc1C. The van der Waals surface area contributed by atoms with Gasteiger partial charge in [0.15, 0.2) is 0 Å². The Bertz CT molecular complexity index is 459. The molecule has 0 radical (unpaired) electrons. The Morgan fingerprint density at radius 1 is 1.36 bits per heavy atom. The van der Waals surface area contributed by atoms with Crippen molar-refractivity contribution >= 4 is 5.82 Å². The maximum absolute atomic E-state index is 5.62. The van der Waals surface area contributed by atoms with Gasteiger partial charge in [-0.25, -0.2) is 4.68 Å². The smallest absolute Gasteiger partial charge is 0.146 e. The summed E-state index contributed by atoms with van der Waals surface area (Å²) in [7, 11) is 0. The highest BCUT2D eigenvalue weighted by Gasteiger charge is 2.05. The van der Waals surface area contributed by atoms with Crippen LogP contribution in [0.4, 0.5) is 5.82 Å². The second-order valence-electron chi connectivity index (χ2n) is 3.28. The van der Waals surface area contributed by atoms with Gasteiger partial charge in [-0.05, 0) is 25.5 Å². The van der Waals surface area contributed by atoms with Crippen molar-refractivity contribution in [2.45, 2.75) is 13.8 Å². The van der Waals surface area contributed by atoms with E-state index in [-0.39, 0.29) is 0 Å². The lowest BCUT2D eigenvalue weighted by Gasteiger charge is -2.06. The fourth-order valence-corrected chi connectivity index (χ4v) is 1.45. The maximum Gasteiger partial charge on any atom is 0.146 e. The summed E-state index contributed by atoms with van der Waals surface area (Å²) >= 11 is 0. The lowest BCUT2D eigenvalue weighted by atomic mass is 10.2. The van der Waals surface area contributed by atoms with Gasteiger partial charge < -0.3 is 5.73 Å². The number of hydrogen-bond acceptors (Lipinski definition) is 3. The predicted molar refractivity (Wildman–Crippen MR) is 55.2 cm³/mol. The number of nitrogen functional groups attached to an aromatic ring is 1. The first-order valence-corrected chi connectivity index (χ1v) is 4.41. The molecule has 0 saturated heterocycles. The molecular weight excluding hydrogens is 176 g/mol. The predicted octanol–water partition coefficient (Wildman–Crippen LogP) is 1.47. The zero-order valence-electron chi connectivity index (χ0n) is 8.23. The number of pyridine rings is 1. The molecule has 0 aliphatic rings. The summed E-state index contributed by atoms with van der Waals surface area (Å²) in [5.74, 6) is 0.540. The quantitative estimate of drug-likeness (QED) is 0.737. The number of rotatable bonds is 1. The van der Waals surface area contributed by atoms with Crippen LogP contribution in [0.1, 0.15) is 11.3 Å². The lowest BCUT2D eigenvalue weighted by Crippen LogP contribution is -2.01. The normalized spacial score (nSPS) is 10.4. The molecule has 0 aliphatic carbocycles. The van der Waals surface area contributed by atoms with E-state index in [2.05, 4.69) is 10.1 Å². The third-order valence-electron chi connectivity index (χ3n) is 2.13. The summed E-state index contributed by atoms with van der Waals surface area (Å²) in [6.45, 7) is 3.98. The molecule has 2 N–H and O–H groups in total. The molecule has 14 heavy (non-hydrogen) atoms. The topological polar surface area (TPSA) is 56.7 Å². The van der Waals surface area contributed by atoms with Crippen LogP contribution in [0, 0.1) is 13.8 Å². The molecule has 0 saturated carbocycles. The van der Waals surface area contributed by atoms with Crippen LogP contribution in [0.15, 0.2) is 24.5 Å². The molecular formula is C10H12N4. The first-order chi connectivity index (χ1) is 6.68. The van der Waals surface area contributed by atoms with E-state index in [4.69, 9.17) is 5.73 Å². The van der Waals surface area contributed by atoms with Gasteiger partial charge in [0.25, 0.3) is 0 Å². The molecule has 0 aliphatic heterocycles. The van der Waals surface area contributed by atoms with Crippen molar-refractivity contribution in [3.05, 3.63) is 35.8 Å². The number of aryl methyl sites for hydroxylation is 2. The van der Waals surface area contributed by atoms with Gasteiger partial charge in [-0.15, -0.1) is 0 Å². The van der Waals surface area contributed by atoms with E-state index in [1.54, 1.807) is 6.20 Å². The van der Waals surface area contributed by atoms with E-state index in [1.807, 2.05) is 36.9 Å². The van der Waals surface area contributed by atoms with E-state index in [1.165, 1.54) is 0 Å². The molecule has 4 heteroatoms. The van der Waals surface area contributed by atoms with Crippen LogP contribution in [-0.4, -0.2) is 14.8 Å². The third kappa shape index (κ3) is 1.35. The van der Waals surface area contributed by atoms with Gasteiger partial charge >= 0.3 is 0 Å². The summed E-state index contributed by atoms with van der Waals surface area (Å²) in [5, 5.41) is 4.21. The Balaban J connectivity index is 2.60. The van der Waals surface area contributed by atoms with Gasteiger partial charge in [0, 0.05) is 24.2 Å². The van der Waals surface area contributed by atoms with Gasteiger partial charge in [0.1, 0.15) is 5.82 Å². The van der Waals surface area contributed by atoms with Crippen molar-refractivity contribution in [3.63, 3.8) is 0 Å². The monoisotopic (exact) mass is 188 g/mol. The molecule has 72 valence electrons. The molecule has 0 fully saturated rings. The van der Waals surface area contributed by atoms with Gasteiger partial charge in [0.2, 0.25) is 0 Å². The molecule has 2 rings (SSSR count). The Labute approximate surface area is 82.4 Å². The van der Waals surface area contributed by atoms with E-state index in [0.717, 1.165) is 16.9 Å². The van der Waals surface area contributed by atoms with Gasteiger partial charge in [-0.1, -0.05) is 0 Å². The summed E-state index contributed by atoms with van der Waals surface area (Å²) in [6.07, 6.45) is 3.56. The third-order valence-corrected chi connectivity index (χ3v) is 2.13. The van der Waals surface area contributed by atoms with Crippen LogP contribution >= 0.6 is 0 Å². The maximum atomic E-state index is 5.62. The van der Waals surface area contributed by atoms with Crippen molar-refractivity contribution in [1.82, 2.24) is 14.8 Å². The van der Waals surface area contributed by atoms with Gasteiger partial charge in [0.05, 0.1) is 5.69 Å². The Hall–Kier alpha value is -1.84. The molecule has 4 nitrogen and oxygen atoms in total. The van der Waals surface area contributed by atoms with E-state index in [9.17, 15) is 0 Å². The van der Waals surface area contributed by atoms with E-state index >= 15 is 0 Å². The second kappa shape index (κ2) is 3.14. The van der Waals surface area contributed by atoms with Crippen molar-refractivity contribution in [2.75, 3.05) is 5.73 Å². The first kappa shape index (κ1) is 8.74. The molecule has 2 heterocycles. The fourth-order valence-electron chi connectivity index (χ4n) is 1.45. The molecule has 2 aromatic rings. The first-order valence-electron chi connectivity index (χ1n) is 4.41. The zero-order chi connectivity index (χ0) is 10.1. The van der Waals surface area contributed by atoms with Crippen LogP contribution < -0.4 is 5.73 Å². The standard InChI is InChI=1S/C10H12N4/c1-7-6-12-4-3-9(7)14-8(2)5-10(11)13-14/h3-6H,1-2H3,(H2,11,13). The van der Waals surface area contributed by atoms with Gasteiger partial charge in [-0.2, -0.15) is 5.10 Å². The van der Waals surface area contributed by atoms with E-state index < -0.39 is 0 Å². The molecule has 0 amide bonds. The molecule has 2 aromatic heterocycles. The minimum Gasteiger partial charge on any atom is -0.382 e. The summed E-state index contributed by atoms with van der Waals surface area (Å²) in [4.78, 5) is 4.03. The average molecular weight is 188 g/mol. The zero-order valence-corrected chi connectivity index (χ0v) is 8.23. The molecule has 0 bridgehead atoms. The van der Waals surface area contributed by atoms with Crippen LogP contribution in [-0.2, 0) is 0 Å². The number of hydrogen-bond donors (Lipinski definition) is 1. The highest BCUT2D eigenvalue weighted by molar-refractivity contribution is 5.41. The number of nitrogens with zero attached hydrogens (tertiary/aromatic N) is 3. The summed E-state index contributed by atoms with van der Waals surface area (Å²) in [5.41, 5.74) is 8.75. The van der Waals surface area contributed by atoms with Crippen molar-refractivity contribution < 1.29 is 0 Å². The number of anilines is 1. The number of nitrogens with two attached hydrogens (primary N) is 1. The molecule has 0 unspecified atom stereocenters. The van der Waals surface area contributed by atoms with Crippen molar-refractivity contribution in [2.24, 2.45) is 0 Å². The Morgan fingerprint density at radius 2 is 2.14 bits per heavy atom. The Kier molecular flexibility index (Phi) is 1.96. The van der Waals surface area contributed by atoms with E-state index in [0.29, 0.717) is 5.82 Å². The molecule has 0 atom stereocenters. The molecule has 0 aromatic carbocycles. The summed E-state index contributed by atoms with van der Waals surface area (Å²) in [6, 6.07) is 3.77. The number of aromatic nitrogens is 3. The van der Waals surface area contributed by atoms with Crippen LogP contribution in [0.5, 0.6) is 0 Å². The average Bonchev–Trinajstić information content (AvgIpc) is 2.46. The minimum atomic E-state index is 0.540. The van der Waals surface area contributed by atoms with Crippen molar-refractivity contribution in [1.29, 1.82) is 0 Å². The second-order valence-corrected chi connectivity index (χ2v) is 3.28. The summed E-state index contributed by atoms with van der Waals surface area (Å²) < 4.78 is 1.83. The van der Waals surface area contributed by atoms with Crippen molar-refractivity contribution in [3.8, 4) is 5.69 Å². The largest absolute Gasteiger partial charge is 0.382 e. The highest BCUT2D eigenvalue weighted by atomic mass is 15.3. The fraction of sp³-hybridized carbons (Fsp3) is 0.200. The molecule has 0 spiro atoms. The lowest BCUT2D eigenvalue weighted by molar-refractivity contribution is 0.841. The highest BCUT2D eigenvalue weighted by Crippen LogP contribution is 2.15. The van der Waals surface area contributed by atoms with Gasteiger partial charge in [-0.3, -0.25) is 4.98 Å². The minimum absolute atomic E-state index is 0.540. The van der Waals surface area contributed by atoms with Crippen LogP contribution in [0.3, 0.4) is 0 Å². The van der Waals surface area contributed by atoms with Crippen LogP contribution in [0.25, 0.3) is 5.69 Å². The van der Waals surface area contributed by atoms with Crippen LogP contribution in [0.2, 0.25) is 0 Å². The Morgan fingerprint density at radius 3 is 2.71 bits per heavy atom.